The predicted molar refractivity (Wildman–Crippen MR) is 80.2 cm³/mol. The number of carbonyl (C=O) groups is 1. The van der Waals surface area contributed by atoms with Gasteiger partial charge in [0.25, 0.3) is 0 Å². The van der Waals surface area contributed by atoms with Gasteiger partial charge in [0.05, 0.1) is 22.3 Å². The Hall–Kier alpha value is -2.51. The molecule has 2 rings (SSSR count). The van der Waals surface area contributed by atoms with Crippen LogP contribution in [0.4, 0.5) is 17.1 Å². The van der Waals surface area contributed by atoms with Gasteiger partial charge in [0.15, 0.2) is 0 Å². The predicted octanol–water partition coefficient (Wildman–Crippen LogP) is 3.91. The maximum Gasteiger partial charge on any atom is 0.221 e. The van der Waals surface area contributed by atoms with Gasteiger partial charge in [0.1, 0.15) is 0 Å². The van der Waals surface area contributed by atoms with Crippen molar-refractivity contribution >= 4 is 34.6 Å². The molecule has 0 aliphatic rings. The molecule has 0 radical (unpaired) electrons. The SMILES string of the molecule is CC(=O)Nc1cccc(Nc2ccc(C#N)cc2Cl)c1. The summed E-state index contributed by atoms with van der Waals surface area (Å²) in [5.74, 6) is -0.126. The van der Waals surface area contributed by atoms with Gasteiger partial charge in [-0.2, -0.15) is 5.26 Å². The summed E-state index contributed by atoms with van der Waals surface area (Å²) in [6, 6.07) is 14.3. The summed E-state index contributed by atoms with van der Waals surface area (Å²) < 4.78 is 0. The summed E-state index contributed by atoms with van der Waals surface area (Å²) >= 11 is 6.10. The highest BCUT2D eigenvalue weighted by atomic mass is 35.5. The molecule has 0 atom stereocenters. The molecule has 0 unspecified atom stereocenters. The zero-order valence-electron chi connectivity index (χ0n) is 10.8. The smallest absolute Gasteiger partial charge is 0.221 e. The second kappa shape index (κ2) is 6.09. The third-order valence-corrected chi connectivity index (χ3v) is 2.87. The van der Waals surface area contributed by atoms with Gasteiger partial charge in [0.2, 0.25) is 5.91 Å². The molecule has 0 spiro atoms. The van der Waals surface area contributed by atoms with E-state index in [9.17, 15) is 4.79 Å². The molecule has 0 saturated carbocycles. The van der Waals surface area contributed by atoms with Crippen LogP contribution in [0.5, 0.6) is 0 Å². The molecule has 4 nitrogen and oxygen atoms in total. The number of nitrogens with zero attached hydrogens (tertiary/aromatic N) is 1. The van der Waals surface area contributed by atoms with Gasteiger partial charge in [-0.15, -0.1) is 0 Å². The lowest BCUT2D eigenvalue weighted by Gasteiger charge is -2.10. The van der Waals surface area contributed by atoms with E-state index in [2.05, 4.69) is 10.6 Å². The van der Waals surface area contributed by atoms with Gasteiger partial charge in [-0.05, 0) is 36.4 Å². The quantitative estimate of drug-likeness (QED) is 0.898. The maximum atomic E-state index is 11.0. The second-order valence-electron chi connectivity index (χ2n) is 4.19. The first kappa shape index (κ1) is 13.9. The van der Waals surface area contributed by atoms with Gasteiger partial charge in [-0.3, -0.25) is 4.79 Å². The van der Waals surface area contributed by atoms with E-state index in [1.165, 1.54) is 6.92 Å². The van der Waals surface area contributed by atoms with E-state index in [1.54, 1.807) is 30.3 Å². The van der Waals surface area contributed by atoms with Crippen LogP contribution in [-0.4, -0.2) is 5.91 Å². The van der Waals surface area contributed by atoms with Crippen LogP contribution in [0.25, 0.3) is 0 Å². The van der Waals surface area contributed by atoms with Crippen molar-refractivity contribution in [3.8, 4) is 6.07 Å². The number of amides is 1. The van der Waals surface area contributed by atoms with Crippen molar-refractivity contribution in [3.63, 3.8) is 0 Å². The summed E-state index contributed by atoms with van der Waals surface area (Å²) in [5, 5.41) is 15.1. The first-order valence-electron chi connectivity index (χ1n) is 5.93. The van der Waals surface area contributed by atoms with E-state index in [4.69, 9.17) is 16.9 Å². The van der Waals surface area contributed by atoms with Crippen LogP contribution in [0.2, 0.25) is 5.02 Å². The van der Waals surface area contributed by atoms with Gasteiger partial charge in [-0.25, -0.2) is 0 Å². The molecular weight excluding hydrogens is 274 g/mol. The molecule has 20 heavy (non-hydrogen) atoms. The Morgan fingerprint density at radius 2 is 1.95 bits per heavy atom. The highest BCUT2D eigenvalue weighted by Gasteiger charge is 2.03. The number of carbonyl (C=O) groups excluding carboxylic acids is 1. The number of hydrogen-bond acceptors (Lipinski definition) is 3. The fourth-order valence-electron chi connectivity index (χ4n) is 1.72. The molecule has 0 saturated heterocycles. The maximum absolute atomic E-state index is 11.0. The molecule has 0 bridgehead atoms. The summed E-state index contributed by atoms with van der Waals surface area (Å²) in [5.41, 5.74) is 2.70. The molecule has 0 aliphatic heterocycles. The lowest BCUT2D eigenvalue weighted by Crippen LogP contribution is -2.05. The van der Waals surface area contributed by atoms with E-state index >= 15 is 0 Å². The average Bonchev–Trinajstić information content (AvgIpc) is 2.41. The first-order chi connectivity index (χ1) is 9.58. The van der Waals surface area contributed by atoms with Crippen molar-refractivity contribution in [2.24, 2.45) is 0 Å². The summed E-state index contributed by atoms with van der Waals surface area (Å²) in [6.45, 7) is 1.46. The number of rotatable bonds is 3. The first-order valence-corrected chi connectivity index (χ1v) is 6.30. The Kier molecular flexibility index (Phi) is 4.24. The van der Waals surface area contributed by atoms with E-state index < -0.39 is 0 Å². The van der Waals surface area contributed by atoms with Gasteiger partial charge in [-0.1, -0.05) is 17.7 Å². The minimum Gasteiger partial charge on any atom is -0.354 e. The minimum absolute atomic E-state index is 0.126. The van der Waals surface area contributed by atoms with Gasteiger partial charge < -0.3 is 10.6 Å². The fraction of sp³-hybridized carbons (Fsp3) is 0.0667. The lowest BCUT2D eigenvalue weighted by molar-refractivity contribution is -0.114. The molecule has 2 aromatic rings. The van der Waals surface area contributed by atoms with Crippen LogP contribution >= 0.6 is 11.6 Å². The van der Waals surface area contributed by atoms with Crippen LogP contribution in [0.15, 0.2) is 42.5 Å². The van der Waals surface area contributed by atoms with Crippen molar-refractivity contribution in [1.29, 1.82) is 5.26 Å². The summed E-state index contributed by atoms with van der Waals surface area (Å²) in [4.78, 5) is 11.0. The Balaban J connectivity index is 2.22. The van der Waals surface area contributed by atoms with Crippen LogP contribution in [0.3, 0.4) is 0 Å². The fourth-order valence-corrected chi connectivity index (χ4v) is 1.95. The molecule has 100 valence electrons. The standard InChI is InChI=1S/C15H12ClN3O/c1-10(20)18-12-3-2-4-13(8-12)19-15-6-5-11(9-17)7-14(15)16/h2-8,19H,1H3,(H,18,20). The zero-order chi connectivity index (χ0) is 14.5. The highest BCUT2D eigenvalue weighted by molar-refractivity contribution is 6.33. The molecule has 2 N–H and O–H groups in total. The van der Waals surface area contributed by atoms with Crippen LogP contribution in [0, 0.1) is 11.3 Å². The summed E-state index contributed by atoms with van der Waals surface area (Å²) in [7, 11) is 0. The minimum atomic E-state index is -0.126. The molecule has 0 aliphatic carbocycles. The van der Waals surface area contributed by atoms with Crippen molar-refractivity contribution < 1.29 is 4.79 Å². The number of nitrogens with one attached hydrogen (secondary N) is 2. The van der Waals surface area contributed by atoms with Crippen molar-refractivity contribution in [1.82, 2.24) is 0 Å². The van der Waals surface area contributed by atoms with Crippen LogP contribution in [-0.2, 0) is 4.79 Å². The van der Waals surface area contributed by atoms with Crippen molar-refractivity contribution in [3.05, 3.63) is 53.1 Å². The molecule has 0 fully saturated rings. The molecule has 0 aromatic heterocycles. The van der Waals surface area contributed by atoms with E-state index in [-0.39, 0.29) is 5.91 Å². The molecule has 5 heteroatoms. The van der Waals surface area contributed by atoms with E-state index in [0.29, 0.717) is 22.0 Å². The third-order valence-electron chi connectivity index (χ3n) is 2.56. The molecule has 1 amide bonds. The van der Waals surface area contributed by atoms with Crippen molar-refractivity contribution in [2.45, 2.75) is 6.92 Å². The Labute approximate surface area is 122 Å². The zero-order valence-corrected chi connectivity index (χ0v) is 11.5. The molecular formula is C15H12ClN3O. The number of nitriles is 1. The van der Waals surface area contributed by atoms with Crippen LogP contribution < -0.4 is 10.6 Å². The Bertz CT molecular complexity index is 692. The number of benzene rings is 2. The van der Waals surface area contributed by atoms with Gasteiger partial charge in [0, 0.05) is 18.3 Å². The molecule has 0 heterocycles. The summed E-state index contributed by atoms with van der Waals surface area (Å²) in [6.07, 6.45) is 0. The Morgan fingerprint density at radius 1 is 1.20 bits per heavy atom. The van der Waals surface area contributed by atoms with Crippen molar-refractivity contribution in [2.75, 3.05) is 10.6 Å². The van der Waals surface area contributed by atoms with E-state index in [0.717, 1.165) is 5.69 Å². The number of hydrogen-bond donors (Lipinski definition) is 2. The molecule has 2 aromatic carbocycles. The third kappa shape index (κ3) is 3.50. The topological polar surface area (TPSA) is 64.9 Å². The highest BCUT2D eigenvalue weighted by Crippen LogP contribution is 2.27. The number of anilines is 3. The largest absolute Gasteiger partial charge is 0.354 e. The Morgan fingerprint density at radius 3 is 2.60 bits per heavy atom. The van der Waals surface area contributed by atoms with Crippen LogP contribution in [0.1, 0.15) is 12.5 Å². The lowest BCUT2D eigenvalue weighted by atomic mass is 10.2. The normalized spacial score (nSPS) is 9.65. The van der Waals surface area contributed by atoms with Gasteiger partial charge >= 0.3 is 0 Å². The number of halogens is 1. The van der Waals surface area contributed by atoms with E-state index in [1.807, 2.05) is 18.2 Å². The monoisotopic (exact) mass is 285 g/mol. The second-order valence-corrected chi connectivity index (χ2v) is 4.60. The average molecular weight is 286 g/mol.